The van der Waals surface area contributed by atoms with Gasteiger partial charge in [-0.3, -0.25) is 4.79 Å². The topological polar surface area (TPSA) is 93.8 Å². The third-order valence-electron chi connectivity index (χ3n) is 2.90. The Bertz CT molecular complexity index is 830. The Morgan fingerprint density at radius 2 is 2.14 bits per heavy atom. The van der Waals surface area contributed by atoms with Crippen molar-refractivity contribution in [3.05, 3.63) is 53.2 Å². The van der Waals surface area contributed by atoms with E-state index in [1.807, 2.05) is 25.3 Å². The fourth-order valence-electron chi connectivity index (χ4n) is 1.89. The maximum absolute atomic E-state index is 11.2. The van der Waals surface area contributed by atoms with Gasteiger partial charge in [-0.25, -0.2) is 15.0 Å². The van der Waals surface area contributed by atoms with Gasteiger partial charge in [-0.05, 0) is 31.2 Å². The van der Waals surface area contributed by atoms with Crippen LogP contribution in [0.25, 0.3) is 10.7 Å². The second-order valence-corrected chi connectivity index (χ2v) is 5.85. The molecule has 22 heavy (non-hydrogen) atoms. The number of aryl methyl sites for hydroxylation is 1. The van der Waals surface area contributed by atoms with Gasteiger partial charge in [-0.2, -0.15) is 0 Å². The average Bonchev–Trinajstić information content (AvgIpc) is 2.94. The van der Waals surface area contributed by atoms with Crippen LogP contribution in [-0.2, 0) is 0 Å². The lowest BCUT2D eigenvalue weighted by atomic mass is 10.2. The highest BCUT2D eigenvalue weighted by Crippen LogP contribution is 2.24. The molecule has 0 saturated carbocycles. The number of rotatable bonds is 4. The third-order valence-corrected chi connectivity index (χ3v) is 3.83. The predicted molar refractivity (Wildman–Crippen MR) is 86.1 cm³/mol. The molecule has 0 fully saturated rings. The largest absolute Gasteiger partial charge is 0.366 e. The molecule has 1 amide bonds. The first-order valence-electron chi connectivity index (χ1n) is 6.54. The highest BCUT2D eigenvalue weighted by atomic mass is 32.1. The molecule has 0 saturated heterocycles. The van der Waals surface area contributed by atoms with E-state index in [2.05, 4.69) is 20.3 Å². The first kappa shape index (κ1) is 14.2. The Morgan fingerprint density at radius 3 is 2.86 bits per heavy atom. The number of aromatic nitrogens is 3. The molecule has 110 valence electrons. The van der Waals surface area contributed by atoms with E-state index in [0.717, 1.165) is 15.6 Å². The number of primary amides is 1. The van der Waals surface area contributed by atoms with Crippen molar-refractivity contribution in [2.75, 3.05) is 5.32 Å². The molecule has 3 aromatic rings. The number of anilines is 2. The summed E-state index contributed by atoms with van der Waals surface area (Å²) in [6.45, 7) is 2.00. The van der Waals surface area contributed by atoms with Gasteiger partial charge in [-0.15, -0.1) is 11.3 Å². The van der Waals surface area contributed by atoms with Gasteiger partial charge in [0.05, 0.1) is 0 Å². The van der Waals surface area contributed by atoms with Gasteiger partial charge in [0.15, 0.2) is 0 Å². The number of benzene rings is 1. The SMILES string of the molecule is Cc1cnc(-c2ccnc(Nc3cccc(C(N)=O)c3)n2)s1. The van der Waals surface area contributed by atoms with Gasteiger partial charge in [0.2, 0.25) is 11.9 Å². The van der Waals surface area contributed by atoms with E-state index in [-0.39, 0.29) is 0 Å². The quantitative estimate of drug-likeness (QED) is 0.772. The molecule has 2 aromatic heterocycles. The normalized spacial score (nSPS) is 10.4. The summed E-state index contributed by atoms with van der Waals surface area (Å²) in [5.74, 6) is -0.0384. The van der Waals surface area contributed by atoms with Crippen molar-refractivity contribution in [2.24, 2.45) is 5.73 Å². The van der Waals surface area contributed by atoms with Crippen molar-refractivity contribution in [1.82, 2.24) is 15.0 Å². The standard InChI is InChI=1S/C15H13N5OS/c1-9-8-18-14(22-9)12-5-6-17-15(20-12)19-11-4-2-3-10(7-11)13(16)21/h2-8H,1H3,(H2,16,21)(H,17,19,20). The van der Waals surface area contributed by atoms with Crippen molar-refractivity contribution >= 4 is 28.9 Å². The van der Waals surface area contributed by atoms with Gasteiger partial charge < -0.3 is 11.1 Å². The van der Waals surface area contributed by atoms with Gasteiger partial charge in [-0.1, -0.05) is 6.07 Å². The molecule has 0 radical (unpaired) electrons. The van der Waals surface area contributed by atoms with Crippen LogP contribution < -0.4 is 11.1 Å². The van der Waals surface area contributed by atoms with Crippen LogP contribution in [0.2, 0.25) is 0 Å². The molecule has 0 aliphatic heterocycles. The minimum absolute atomic E-state index is 0.428. The maximum Gasteiger partial charge on any atom is 0.248 e. The van der Waals surface area contributed by atoms with Gasteiger partial charge >= 0.3 is 0 Å². The van der Waals surface area contributed by atoms with Crippen LogP contribution in [0.4, 0.5) is 11.6 Å². The number of carbonyl (C=O) groups is 1. The van der Waals surface area contributed by atoms with Gasteiger partial charge in [0.1, 0.15) is 10.7 Å². The monoisotopic (exact) mass is 311 g/mol. The van der Waals surface area contributed by atoms with Crippen LogP contribution in [0.15, 0.2) is 42.7 Å². The van der Waals surface area contributed by atoms with E-state index in [4.69, 9.17) is 5.73 Å². The maximum atomic E-state index is 11.2. The summed E-state index contributed by atoms with van der Waals surface area (Å²) >= 11 is 1.57. The van der Waals surface area contributed by atoms with Gasteiger partial charge in [0.25, 0.3) is 0 Å². The zero-order chi connectivity index (χ0) is 15.5. The Labute approximate surface area is 131 Å². The number of amides is 1. The number of nitrogens with one attached hydrogen (secondary N) is 1. The van der Waals surface area contributed by atoms with E-state index < -0.39 is 5.91 Å². The summed E-state index contributed by atoms with van der Waals surface area (Å²) < 4.78 is 0. The number of hydrogen-bond donors (Lipinski definition) is 2. The summed E-state index contributed by atoms with van der Waals surface area (Å²) in [7, 11) is 0. The number of hydrogen-bond acceptors (Lipinski definition) is 6. The highest BCUT2D eigenvalue weighted by Gasteiger charge is 2.07. The minimum Gasteiger partial charge on any atom is -0.366 e. The lowest BCUT2D eigenvalue weighted by Crippen LogP contribution is -2.11. The number of nitrogens with two attached hydrogens (primary N) is 1. The third kappa shape index (κ3) is 3.09. The average molecular weight is 311 g/mol. The molecule has 3 rings (SSSR count). The Morgan fingerprint density at radius 1 is 1.27 bits per heavy atom. The highest BCUT2D eigenvalue weighted by molar-refractivity contribution is 7.14. The van der Waals surface area contributed by atoms with Crippen LogP contribution in [0.1, 0.15) is 15.2 Å². The van der Waals surface area contributed by atoms with Crippen LogP contribution in [-0.4, -0.2) is 20.9 Å². The van der Waals surface area contributed by atoms with Crippen molar-refractivity contribution in [3.8, 4) is 10.7 Å². The number of thiazole rings is 1. The zero-order valence-corrected chi connectivity index (χ0v) is 12.6. The molecule has 6 nitrogen and oxygen atoms in total. The van der Waals surface area contributed by atoms with Gasteiger partial charge in [0, 0.05) is 28.5 Å². The molecule has 3 N–H and O–H groups in total. The molecule has 0 bridgehead atoms. The lowest BCUT2D eigenvalue weighted by Gasteiger charge is -2.06. The molecule has 2 heterocycles. The molecule has 0 atom stereocenters. The molecule has 0 unspecified atom stereocenters. The van der Waals surface area contributed by atoms with Crippen molar-refractivity contribution in [3.63, 3.8) is 0 Å². The van der Waals surface area contributed by atoms with Crippen molar-refractivity contribution in [2.45, 2.75) is 6.92 Å². The molecule has 0 spiro atoms. The smallest absolute Gasteiger partial charge is 0.248 e. The van der Waals surface area contributed by atoms with Crippen molar-refractivity contribution < 1.29 is 4.79 Å². The van der Waals surface area contributed by atoms with E-state index in [1.54, 1.807) is 35.7 Å². The van der Waals surface area contributed by atoms with E-state index in [1.165, 1.54) is 0 Å². The zero-order valence-electron chi connectivity index (χ0n) is 11.8. The van der Waals surface area contributed by atoms with Crippen LogP contribution in [0.5, 0.6) is 0 Å². The molecular formula is C15H13N5OS. The van der Waals surface area contributed by atoms with Crippen LogP contribution >= 0.6 is 11.3 Å². The molecule has 0 aliphatic rings. The summed E-state index contributed by atoms with van der Waals surface area (Å²) in [5, 5.41) is 3.90. The first-order valence-corrected chi connectivity index (χ1v) is 7.36. The van der Waals surface area contributed by atoms with E-state index in [9.17, 15) is 4.79 Å². The Balaban J connectivity index is 1.87. The summed E-state index contributed by atoms with van der Waals surface area (Å²) in [6.07, 6.45) is 3.48. The summed E-state index contributed by atoms with van der Waals surface area (Å²) in [6, 6.07) is 8.69. The lowest BCUT2D eigenvalue weighted by molar-refractivity contribution is 0.100. The molecular weight excluding hydrogens is 298 g/mol. The number of nitrogens with zero attached hydrogens (tertiary/aromatic N) is 3. The fraction of sp³-hybridized carbons (Fsp3) is 0.0667. The summed E-state index contributed by atoms with van der Waals surface area (Å²) in [4.78, 5) is 25.3. The second-order valence-electron chi connectivity index (χ2n) is 4.61. The Hall–Kier alpha value is -2.80. The fourth-order valence-corrected chi connectivity index (χ4v) is 2.62. The predicted octanol–water partition coefficient (Wildman–Crippen LogP) is 2.75. The Kier molecular flexibility index (Phi) is 3.80. The molecule has 7 heteroatoms. The van der Waals surface area contributed by atoms with Crippen LogP contribution in [0.3, 0.4) is 0 Å². The van der Waals surface area contributed by atoms with E-state index in [0.29, 0.717) is 17.2 Å². The number of carbonyl (C=O) groups excluding carboxylic acids is 1. The molecule has 0 aliphatic carbocycles. The molecule has 1 aromatic carbocycles. The van der Waals surface area contributed by atoms with Crippen molar-refractivity contribution in [1.29, 1.82) is 0 Å². The van der Waals surface area contributed by atoms with E-state index >= 15 is 0 Å². The second kappa shape index (κ2) is 5.90. The first-order chi connectivity index (χ1) is 10.6. The minimum atomic E-state index is -0.475. The summed E-state index contributed by atoms with van der Waals surface area (Å²) in [5.41, 5.74) is 7.15. The van der Waals surface area contributed by atoms with Crippen LogP contribution in [0, 0.1) is 6.92 Å².